The Kier molecular flexibility index (Phi) is 2.59. The number of aromatic amines is 1. The van der Waals surface area contributed by atoms with Crippen LogP contribution in [0.2, 0.25) is 0 Å². The SMILES string of the molecule is CC(C)(C)c1nc(-c2ccc3ccccc3n2)n[nH]1. The van der Waals surface area contributed by atoms with Crippen molar-refractivity contribution in [3.63, 3.8) is 0 Å². The van der Waals surface area contributed by atoms with Gasteiger partial charge in [0.25, 0.3) is 0 Å². The molecule has 4 heteroatoms. The van der Waals surface area contributed by atoms with Crippen LogP contribution < -0.4 is 0 Å². The van der Waals surface area contributed by atoms with Crippen molar-refractivity contribution in [2.24, 2.45) is 0 Å². The fourth-order valence-electron chi connectivity index (χ4n) is 1.90. The largest absolute Gasteiger partial charge is 0.262 e. The molecule has 3 aromatic rings. The first-order chi connectivity index (χ1) is 9.04. The van der Waals surface area contributed by atoms with Crippen molar-refractivity contribution in [3.8, 4) is 11.5 Å². The van der Waals surface area contributed by atoms with Gasteiger partial charge in [0.05, 0.1) is 5.52 Å². The number of hydrogen-bond acceptors (Lipinski definition) is 3. The highest BCUT2D eigenvalue weighted by atomic mass is 15.2. The van der Waals surface area contributed by atoms with Crippen molar-refractivity contribution >= 4 is 10.9 Å². The van der Waals surface area contributed by atoms with E-state index in [2.05, 4.69) is 40.9 Å². The van der Waals surface area contributed by atoms with Crippen LogP contribution in [-0.4, -0.2) is 20.2 Å². The van der Waals surface area contributed by atoms with Crippen LogP contribution in [0, 0.1) is 0 Å². The van der Waals surface area contributed by atoms with E-state index in [4.69, 9.17) is 0 Å². The van der Waals surface area contributed by atoms with E-state index in [1.165, 1.54) is 0 Å². The van der Waals surface area contributed by atoms with Gasteiger partial charge in [0.2, 0.25) is 0 Å². The van der Waals surface area contributed by atoms with Gasteiger partial charge in [-0.2, -0.15) is 5.10 Å². The summed E-state index contributed by atoms with van der Waals surface area (Å²) < 4.78 is 0. The van der Waals surface area contributed by atoms with Gasteiger partial charge in [-0.1, -0.05) is 45.0 Å². The molecular formula is C15H16N4. The lowest BCUT2D eigenvalue weighted by Gasteiger charge is -2.12. The number of fused-ring (bicyclic) bond motifs is 1. The summed E-state index contributed by atoms with van der Waals surface area (Å²) >= 11 is 0. The molecule has 0 unspecified atom stereocenters. The van der Waals surface area contributed by atoms with Gasteiger partial charge in [0.15, 0.2) is 5.82 Å². The summed E-state index contributed by atoms with van der Waals surface area (Å²) in [5.74, 6) is 1.52. The van der Waals surface area contributed by atoms with E-state index in [9.17, 15) is 0 Å². The molecule has 0 aliphatic rings. The predicted molar refractivity (Wildman–Crippen MR) is 75.8 cm³/mol. The zero-order chi connectivity index (χ0) is 13.5. The summed E-state index contributed by atoms with van der Waals surface area (Å²) in [6.07, 6.45) is 0. The molecule has 0 amide bonds. The van der Waals surface area contributed by atoms with Crippen molar-refractivity contribution in [2.75, 3.05) is 0 Å². The quantitative estimate of drug-likeness (QED) is 0.722. The minimum atomic E-state index is -0.0396. The van der Waals surface area contributed by atoms with Crippen LogP contribution in [0.25, 0.3) is 22.4 Å². The molecular weight excluding hydrogens is 236 g/mol. The molecule has 0 aliphatic carbocycles. The second kappa shape index (κ2) is 4.16. The molecule has 0 radical (unpaired) electrons. The molecule has 19 heavy (non-hydrogen) atoms. The first kappa shape index (κ1) is 11.8. The second-order valence-electron chi connectivity index (χ2n) is 5.65. The molecule has 0 atom stereocenters. The van der Waals surface area contributed by atoms with Crippen molar-refractivity contribution in [1.29, 1.82) is 0 Å². The summed E-state index contributed by atoms with van der Waals surface area (Å²) in [4.78, 5) is 9.13. The van der Waals surface area contributed by atoms with Crippen molar-refractivity contribution in [3.05, 3.63) is 42.2 Å². The zero-order valence-corrected chi connectivity index (χ0v) is 11.3. The third-order valence-corrected chi connectivity index (χ3v) is 3.02. The molecule has 0 bridgehead atoms. The molecule has 0 fully saturated rings. The Labute approximate surface area is 111 Å². The third kappa shape index (κ3) is 2.21. The number of para-hydroxylation sites is 1. The first-order valence-corrected chi connectivity index (χ1v) is 6.33. The number of nitrogens with one attached hydrogen (secondary N) is 1. The van der Waals surface area contributed by atoms with Gasteiger partial charge in [-0.15, -0.1) is 0 Å². The number of pyridine rings is 1. The van der Waals surface area contributed by atoms with E-state index >= 15 is 0 Å². The Morgan fingerprint density at radius 2 is 1.74 bits per heavy atom. The Morgan fingerprint density at radius 3 is 2.47 bits per heavy atom. The summed E-state index contributed by atoms with van der Waals surface area (Å²) in [6.45, 7) is 6.31. The number of rotatable bonds is 1. The molecule has 0 aliphatic heterocycles. The molecule has 96 valence electrons. The smallest absolute Gasteiger partial charge is 0.199 e. The van der Waals surface area contributed by atoms with Crippen LogP contribution >= 0.6 is 0 Å². The number of H-pyrrole nitrogens is 1. The molecule has 1 aromatic carbocycles. The van der Waals surface area contributed by atoms with Crippen LogP contribution in [0.1, 0.15) is 26.6 Å². The van der Waals surface area contributed by atoms with E-state index in [-0.39, 0.29) is 5.41 Å². The second-order valence-corrected chi connectivity index (χ2v) is 5.65. The van der Waals surface area contributed by atoms with Crippen LogP contribution in [0.3, 0.4) is 0 Å². The molecule has 2 aromatic heterocycles. The van der Waals surface area contributed by atoms with E-state index < -0.39 is 0 Å². The summed E-state index contributed by atoms with van der Waals surface area (Å²) in [5, 5.41) is 8.38. The van der Waals surface area contributed by atoms with E-state index in [0.717, 1.165) is 22.4 Å². The first-order valence-electron chi connectivity index (χ1n) is 6.33. The molecule has 3 rings (SSSR count). The van der Waals surface area contributed by atoms with Gasteiger partial charge in [0.1, 0.15) is 11.5 Å². The molecule has 4 nitrogen and oxygen atoms in total. The number of hydrogen-bond donors (Lipinski definition) is 1. The lowest BCUT2D eigenvalue weighted by Crippen LogP contribution is -2.13. The molecule has 1 N–H and O–H groups in total. The highest BCUT2D eigenvalue weighted by Gasteiger charge is 2.19. The minimum absolute atomic E-state index is 0.0396. The van der Waals surface area contributed by atoms with Gasteiger partial charge in [-0.25, -0.2) is 9.97 Å². The van der Waals surface area contributed by atoms with Gasteiger partial charge in [0, 0.05) is 10.8 Å². The third-order valence-electron chi connectivity index (χ3n) is 3.02. The molecule has 0 saturated carbocycles. The van der Waals surface area contributed by atoms with E-state index in [0.29, 0.717) is 5.82 Å². The fourth-order valence-corrected chi connectivity index (χ4v) is 1.90. The lowest BCUT2D eigenvalue weighted by molar-refractivity contribution is 0.548. The van der Waals surface area contributed by atoms with Gasteiger partial charge in [-0.3, -0.25) is 5.10 Å². The summed E-state index contributed by atoms with van der Waals surface area (Å²) in [6, 6.07) is 12.0. The average molecular weight is 252 g/mol. The maximum absolute atomic E-state index is 4.60. The maximum atomic E-state index is 4.60. The monoisotopic (exact) mass is 252 g/mol. The number of aromatic nitrogens is 4. The molecule has 0 saturated heterocycles. The van der Waals surface area contributed by atoms with E-state index in [1.54, 1.807) is 0 Å². The lowest BCUT2D eigenvalue weighted by atomic mass is 9.96. The highest BCUT2D eigenvalue weighted by Crippen LogP contribution is 2.22. The standard InChI is InChI=1S/C15H16N4/c1-15(2,3)14-17-13(18-19-14)12-9-8-10-6-4-5-7-11(10)16-12/h4-9H,1-3H3,(H,17,18,19). The zero-order valence-electron chi connectivity index (χ0n) is 11.3. The van der Waals surface area contributed by atoms with Crippen molar-refractivity contribution < 1.29 is 0 Å². The molecule has 0 spiro atoms. The number of benzene rings is 1. The Balaban J connectivity index is 2.07. The fraction of sp³-hybridized carbons (Fsp3) is 0.267. The van der Waals surface area contributed by atoms with Crippen LogP contribution in [0.4, 0.5) is 0 Å². The van der Waals surface area contributed by atoms with Crippen molar-refractivity contribution in [2.45, 2.75) is 26.2 Å². The average Bonchev–Trinajstić information content (AvgIpc) is 2.87. The van der Waals surface area contributed by atoms with Gasteiger partial charge in [-0.05, 0) is 12.1 Å². The van der Waals surface area contributed by atoms with Crippen LogP contribution in [0.15, 0.2) is 36.4 Å². The number of nitrogens with zero attached hydrogens (tertiary/aromatic N) is 3. The normalized spacial score (nSPS) is 11.9. The predicted octanol–water partition coefficient (Wildman–Crippen LogP) is 3.32. The Morgan fingerprint density at radius 1 is 0.947 bits per heavy atom. The van der Waals surface area contributed by atoms with Crippen LogP contribution in [0.5, 0.6) is 0 Å². The topological polar surface area (TPSA) is 54.5 Å². The Hall–Kier alpha value is -2.23. The van der Waals surface area contributed by atoms with Crippen molar-refractivity contribution in [1.82, 2.24) is 20.2 Å². The minimum Gasteiger partial charge on any atom is -0.262 e. The van der Waals surface area contributed by atoms with Crippen LogP contribution in [-0.2, 0) is 5.41 Å². The Bertz CT molecular complexity index is 722. The summed E-state index contributed by atoms with van der Waals surface area (Å²) in [5.41, 5.74) is 1.72. The van der Waals surface area contributed by atoms with E-state index in [1.807, 2.05) is 36.4 Å². The van der Waals surface area contributed by atoms with Gasteiger partial charge >= 0.3 is 0 Å². The van der Waals surface area contributed by atoms with Gasteiger partial charge < -0.3 is 0 Å². The maximum Gasteiger partial charge on any atom is 0.199 e. The molecule has 2 heterocycles. The summed E-state index contributed by atoms with van der Waals surface area (Å²) in [7, 11) is 0. The highest BCUT2D eigenvalue weighted by molar-refractivity contribution is 5.80.